The molecule has 4 nitrogen and oxygen atoms in total. The monoisotopic (exact) mass is 296 g/mol. The number of esters is 1. The van der Waals surface area contributed by atoms with Gasteiger partial charge in [0.1, 0.15) is 5.75 Å². The summed E-state index contributed by atoms with van der Waals surface area (Å²) in [6, 6.07) is 8.49. The molecule has 0 radical (unpaired) electrons. The maximum atomic E-state index is 12.2. The molecular formula is C15H20O4S. The fourth-order valence-electron chi connectivity index (χ4n) is 1.28. The van der Waals surface area contributed by atoms with E-state index in [9.17, 15) is 14.7 Å². The first kappa shape index (κ1) is 16.6. The van der Waals surface area contributed by atoms with Gasteiger partial charge in [-0.3, -0.25) is 9.59 Å². The van der Waals surface area contributed by atoms with E-state index in [1.54, 1.807) is 30.3 Å². The smallest absolute Gasteiger partial charge is 0.329 e. The molecule has 5 heteroatoms. The first-order valence-corrected chi connectivity index (χ1v) is 7.28. The van der Waals surface area contributed by atoms with Crippen molar-refractivity contribution < 1.29 is 19.4 Å². The van der Waals surface area contributed by atoms with Crippen molar-refractivity contribution in [3.8, 4) is 5.75 Å². The van der Waals surface area contributed by atoms with Crippen LogP contribution in [0.1, 0.15) is 27.7 Å². The second kappa shape index (κ2) is 6.31. The molecule has 0 saturated carbocycles. The number of carboxylic acids is 1. The van der Waals surface area contributed by atoms with E-state index in [1.165, 1.54) is 18.7 Å². The molecule has 1 rings (SSSR count). The van der Waals surface area contributed by atoms with Gasteiger partial charge in [0.15, 0.2) is 5.41 Å². The van der Waals surface area contributed by atoms with Crippen molar-refractivity contribution in [1.29, 1.82) is 0 Å². The molecule has 0 aliphatic carbocycles. The van der Waals surface area contributed by atoms with E-state index in [2.05, 4.69) is 0 Å². The summed E-state index contributed by atoms with van der Waals surface area (Å²) >= 11 is 1.43. The van der Waals surface area contributed by atoms with E-state index in [-0.39, 0.29) is 10.5 Å². The lowest BCUT2D eigenvalue weighted by Gasteiger charge is -2.26. The van der Waals surface area contributed by atoms with Crippen LogP contribution < -0.4 is 4.74 Å². The lowest BCUT2D eigenvalue weighted by molar-refractivity contribution is -0.159. The number of carbonyl (C=O) groups is 2. The Kier molecular flexibility index (Phi) is 5.22. The number of carboxylic acid groups (broad SMARTS) is 1. The summed E-state index contributed by atoms with van der Waals surface area (Å²) < 4.78 is 5.05. The average molecular weight is 296 g/mol. The van der Waals surface area contributed by atoms with Crippen LogP contribution in [0.4, 0.5) is 0 Å². The molecule has 0 saturated heterocycles. The zero-order valence-corrected chi connectivity index (χ0v) is 13.0. The van der Waals surface area contributed by atoms with Crippen LogP contribution in [0.3, 0.4) is 0 Å². The van der Waals surface area contributed by atoms with Crippen LogP contribution in [0, 0.1) is 5.41 Å². The lowest BCUT2D eigenvalue weighted by atomic mass is 9.94. The van der Waals surface area contributed by atoms with Crippen molar-refractivity contribution in [2.75, 3.05) is 5.75 Å². The number of hydrogen-bond acceptors (Lipinski definition) is 4. The Balaban J connectivity index is 2.84. The van der Waals surface area contributed by atoms with E-state index in [0.717, 1.165) is 0 Å². The Morgan fingerprint density at radius 1 is 1.15 bits per heavy atom. The maximum absolute atomic E-state index is 12.2. The lowest BCUT2D eigenvalue weighted by Crippen LogP contribution is -2.42. The van der Waals surface area contributed by atoms with Crippen LogP contribution in [-0.2, 0) is 9.59 Å². The van der Waals surface area contributed by atoms with E-state index in [4.69, 9.17) is 4.74 Å². The number of hydrogen-bond donors (Lipinski definition) is 1. The molecule has 1 aromatic carbocycles. The minimum Gasteiger partial charge on any atom is -0.480 e. The fraction of sp³-hybridized carbons (Fsp3) is 0.467. The predicted octanol–water partition coefficient (Wildman–Crippen LogP) is 3.21. The molecule has 0 fully saturated rings. The second-order valence-corrected chi connectivity index (χ2v) is 7.54. The van der Waals surface area contributed by atoms with Gasteiger partial charge in [-0.25, -0.2) is 0 Å². The van der Waals surface area contributed by atoms with E-state index < -0.39 is 17.4 Å². The van der Waals surface area contributed by atoms with Crippen molar-refractivity contribution in [3.63, 3.8) is 0 Å². The first-order valence-electron chi connectivity index (χ1n) is 6.30. The van der Waals surface area contributed by atoms with Crippen LogP contribution in [0.2, 0.25) is 0 Å². The van der Waals surface area contributed by atoms with Crippen molar-refractivity contribution in [3.05, 3.63) is 30.3 Å². The Morgan fingerprint density at radius 3 is 2.15 bits per heavy atom. The Morgan fingerprint density at radius 2 is 1.70 bits per heavy atom. The number of thioether (sulfide) groups is 1. The molecule has 0 aliphatic rings. The predicted molar refractivity (Wildman–Crippen MR) is 80.0 cm³/mol. The highest BCUT2D eigenvalue weighted by Gasteiger charge is 2.44. The van der Waals surface area contributed by atoms with E-state index in [1.807, 2.05) is 20.8 Å². The third-order valence-electron chi connectivity index (χ3n) is 2.67. The fourth-order valence-corrected chi connectivity index (χ4v) is 2.24. The van der Waals surface area contributed by atoms with Crippen molar-refractivity contribution in [2.24, 2.45) is 5.41 Å². The highest BCUT2D eigenvalue weighted by Crippen LogP contribution is 2.32. The molecule has 110 valence electrons. The molecule has 1 aromatic rings. The van der Waals surface area contributed by atoms with Gasteiger partial charge in [-0.2, -0.15) is 11.8 Å². The zero-order valence-electron chi connectivity index (χ0n) is 12.2. The van der Waals surface area contributed by atoms with Gasteiger partial charge in [0, 0.05) is 10.5 Å². The standard InChI is InChI=1S/C15H20O4S/c1-14(2,3)20-10-15(4,12(16)17)13(18)19-11-8-6-5-7-9-11/h5-9H,10H2,1-4H3,(H,16,17)/t15-/m0/s1. The summed E-state index contributed by atoms with van der Waals surface area (Å²) in [5, 5.41) is 9.36. The molecule has 0 amide bonds. The minimum atomic E-state index is -1.56. The van der Waals surface area contributed by atoms with Crippen molar-refractivity contribution in [2.45, 2.75) is 32.4 Å². The van der Waals surface area contributed by atoms with Gasteiger partial charge >= 0.3 is 11.9 Å². The topological polar surface area (TPSA) is 63.6 Å². The zero-order chi connectivity index (χ0) is 15.4. The number of benzene rings is 1. The van der Waals surface area contributed by atoms with Crippen LogP contribution in [-0.4, -0.2) is 27.5 Å². The molecule has 0 spiro atoms. The summed E-state index contributed by atoms with van der Waals surface area (Å²) in [5.74, 6) is -1.40. The summed E-state index contributed by atoms with van der Waals surface area (Å²) in [6.45, 7) is 7.33. The number of ether oxygens (including phenoxy) is 1. The van der Waals surface area contributed by atoms with E-state index in [0.29, 0.717) is 5.75 Å². The largest absolute Gasteiger partial charge is 0.480 e. The molecular weight excluding hydrogens is 276 g/mol. The first-order chi connectivity index (χ1) is 9.15. The summed E-state index contributed by atoms with van der Waals surface area (Å²) in [5.41, 5.74) is -1.56. The Hall–Kier alpha value is -1.49. The normalized spacial score (nSPS) is 14.4. The quantitative estimate of drug-likeness (QED) is 0.513. The highest BCUT2D eigenvalue weighted by atomic mass is 32.2. The molecule has 1 atom stereocenters. The van der Waals surface area contributed by atoms with Crippen LogP contribution in [0.15, 0.2) is 30.3 Å². The number of para-hydroxylation sites is 1. The Bertz CT molecular complexity index is 478. The van der Waals surface area contributed by atoms with Gasteiger partial charge in [-0.15, -0.1) is 0 Å². The SMILES string of the molecule is CC(C)(C)SC[C@@](C)(C(=O)O)C(=O)Oc1ccccc1. The van der Waals surface area contributed by atoms with Gasteiger partial charge < -0.3 is 9.84 Å². The third kappa shape index (κ3) is 4.56. The van der Waals surface area contributed by atoms with Crippen LogP contribution in [0.25, 0.3) is 0 Å². The van der Waals surface area contributed by atoms with Crippen LogP contribution in [0.5, 0.6) is 5.75 Å². The molecule has 1 N–H and O–H groups in total. The van der Waals surface area contributed by atoms with Gasteiger partial charge in [-0.05, 0) is 19.1 Å². The van der Waals surface area contributed by atoms with Gasteiger partial charge in [0.25, 0.3) is 0 Å². The summed E-state index contributed by atoms with van der Waals surface area (Å²) in [7, 11) is 0. The third-order valence-corrected chi connectivity index (χ3v) is 4.26. The molecule has 0 bridgehead atoms. The van der Waals surface area contributed by atoms with Gasteiger partial charge in [0.2, 0.25) is 0 Å². The molecule has 0 aromatic heterocycles. The molecule has 0 aliphatic heterocycles. The van der Waals surface area contributed by atoms with Gasteiger partial charge in [-0.1, -0.05) is 39.0 Å². The molecule has 20 heavy (non-hydrogen) atoms. The molecule has 0 unspecified atom stereocenters. The summed E-state index contributed by atoms with van der Waals surface area (Å²) in [6.07, 6.45) is 0. The number of carbonyl (C=O) groups excluding carboxylic acids is 1. The summed E-state index contributed by atoms with van der Waals surface area (Å²) in [4.78, 5) is 23.6. The highest BCUT2D eigenvalue weighted by molar-refractivity contribution is 8.00. The van der Waals surface area contributed by atoms with Gasteiger partial charge in [0.05, 0.1) is 0 Å². The van der Waals surface area contributed by atoms with Crippen LogP contribution >= 0.6 is 11.8 Å². The number of aliphatic carboxylic acids is 1. The average Bonchev–Trinajstić information content (AvgIpc) is 2.36. The minimum absolute atomic E-state index is 0.121. The Labute approximate surface area is 123 Å². The van der Waals surface area contributed by atoms with E-state index >= 15 is 0 Å². The van der Waals surface area contributed by atoms with Crippen molar-refractivity contribution in [1.82, 2.24) is 0 Å². The molecule has 0 heterocycles. The van der Waals surface area contributed by atoms with Crippen molar-refractivity contribution >= 4 is 23.7 Å². The second-order valence-electron chi connectivity index (χ2n) is 5.74. The maximum Gasteiger partial charge on any atom is 0.329 e. The number of rotatable bonds is 5.